The molecule has 1 aromatic carbocycles. The number of carbonyl (C=O) groups excluding carboxylic acids is 1. The van der Waals surface area contributed by atoms with E-state index in [0.717, 1.165) is 22.5 Å². The molecule has 3 aromatic rings. The van der Waals surface area contributed by atoms with Gasteiger partial charge in [0.1, 0.15) is 11.4 Å². The number of carbonyl (C=O) groups is 1. The first-order chi connectivity index (χ1) is 14.3. The number of anilines is 1. The van der Waals surface area contributed by atoms with E-state index < -0.39 is 5.60 Å². The van der Waals surface area contributed by atoms with Gasteiger partial charge in [-0.1, -0.05) is 24.3 Å². The Morgan fingerprint density at radius 1 is 1.23 bits per heavy atom. The lowest BCUT2D eigenvalue weighted by atomic mass is 10.1. The molecule has 0 aliphatic heterocycles. The molecule has 0 aliphatic carbocycles. The van der Waals surface area contributed by atoms with E-state index in [1.165, 1.54) is 4.90 Å². The molecular formula is C22H26N6O2. The van der Waals surface area contributed by atoms with Crippen LogP contribution in [0.25, 0.3) is 16.9 Å². The van der Waals surface area contributed by atoms with Gasteiger partial charge in [0.15, 0.2) is 5.65 Å². The minimum atomic E-state index is -0.518. The zero-order valence-corrected chi connectivity index (χ0v) is 17.7. The number of nitriles is 1. The fourth-order valence-corrected chi connectivity index (χ4v) is 2.83. The van der Waals surface area contributed by atoms with Crippen LogP contribution in [0.4, 0.5) is 10.6 Å². The standard InChI is InChI=1S/C22H26N6O2/c1-22(2,3)30-21(29)27(4)14-13-24-19-9-10-20-25-15-18(28(20)26-19)17-7-5-16(6-8-17)11-12-23/h5-10,15H,11,13-14H2,1-4H3,(H,24,26). The van der Waals surface area contributed by atoms with E-state index >= 15 is 0 Å². The summed E-state index contributed by atoms with van der Waals surface area (Å²) in [6, 6.07) is 13.7. The number of amides is 1. The maximum atomic E-state index is 12.0. The van der Waals surface area contributed by atoms with Crippen LogP contribution in [0.15, 0.2) is 42.6 Å². The molecule has 0 fully saturated rings. The summed E-state index contributed by atoms with van der Waals surface area (Å²) in [4.78, 5) is 18.0. The van der Waals surface area contributed by atoms with Crippen molar-refractivity contribution in [2.24, 2.45) is 0 Å². The van der Waals surface area contributed by atoms with Crippen molar-refractivity contribution in [1.82, 2.24) is 19.5 Å². The molecule has 0 aliphatic rings. The number of imidazole rings is 1. The largest absolute Gasteiger partial charge is 0.444 e. The van der Waals surface area contributed by atoms with Crippen LogP contribution >= 0.6 is 0 Å². The number of hydrogen-bond acceptors (Lipinski definition) is 6. The second-order valence-electron chi connectivity index (χ2n) is 7.99. The van der Waals surface area contributed by atoms with Crippen LogP contribution in [0.3, 0.4) is 0 Å². The highest BCUT2D eigenvalue weighted by molar-refractivity contribution is 5.67. The van der Waals surface area contributed by atoms with Crippen LogP contribution in [0.2, 0.25) is 0 Å². The van der Waals surface area contributed by atoms with E-state index in [2.05, 4.69) is 21.5 Å². The van der Waals surface area contributed by atoms with Gasteiger partial charge < -0.3 is 15.0 Å². The van der Waals surface area contributed by atoms with E-state index in [1.807, 2.05) is 57.2 Å². The Morgan fingerprint density at radius 3 is 2.63 bits per heavy atom. The van der Waals surface area contributed by atoms with Crippen molar-refractivity contribution >= 4 is 17.6 Å². The Hall–Kier alpha value is -3.60. The Bertz CT molecular complexity index is 1060. The number of ether oxygens (including phenoxy) is 1. The molecule has 8 heteroatoms. The second-order valence-corrected chi connectivity index (χ2v) is 7.99. The van der Waals surface area contributed by atoms with Crippen molar-refractivity contribution in [1.29, 1.82) is 5.26 Å². The van der Waals surface area contributed by atoms with Gasteiger partial charge in [-0.15, -0.1) is 5.10 Å². The first-order valence-electron chi connectivity index (χ1n) is 9.76. The lowest BCUT2D eigenvalue weighted by Crippen LogP contribution is -2.36. The molecule has 0 spiro atoms. The highest BCUT2D eigenvalue weighted by atomic mass is 16.6. The van der Waals surface area contributed by atoms with E-state index in [1.54, 1.807) is 17.8 Å². The van der Waals surface area contributed by atoms with Crippen LogP contribution in [0.1, 0.15) is 26.3 Å². The van der Waals surface area contributed by atoms with Gasteiger partial charge in [-0.25, -0.2) is 14.3 Å². The van der Waals surface area contributed by atoms with Gasteiger partial charge in [-0.05, 0) is 38.5 Å². The van der Waals surface area contributed by atoms with Crippen LogP contribution < -0.4 is 5.32 Å². The molecular weight excluding hydrogens is 380 g/mol. The normalized spacial score (nSPS) is 11.2. The fourth-order valence-electron chi connectivity index (χ4n) is 2.83. The van der Waals surface area contributed by atoms with Gasteiger partial charge in [-0.2, -0.15) is 5.26 Å². The maximum Gasteiger partial charge on any atom is 0.410 e. The number of hydrogen-bond donors (Lipinski definition) is 1. The van der Waals surface area contributed by atoms with Gasteiger partial charge in [0.2, 0.25) is 0 Å². The average Bonchev–Trinajstić information content (AvgIpc) is 3.11. The molecule has 0 radical (unpaired) electrons. The number of benzene rings is 1. The molecule has 0 saturated heterocycles. The van der Waals surface area contributed by atoms with Gasteiger partial charge in [0, 0.05) is 25.7 Å². The smallest absolute Gasteiger partial charge is 0.410 e. The van der Waals surface area contributed by atoms with Crippen molar-refractivity contribution in [2.45, 2.75) is 32.8 Å². The highest BCUT2D eigenvalue weighted by Crippen LogP contribution is 2.21. The predicted molar refractivity (Wildman–Crippen MR) is 115 cm³/mol. The molecule has 2 aromatic heterocycles. The number of likely N-dealkylation sites (N-methyl/N-ethyl adjacent to an activating group) is 1. The number of rotatable bonds is 6. The third-order valence-electron chi connectivity index (χ3n) is 4.35. The topological polar surface area (TPSA) is 95.5 Å². The molecule has 156 valence electrons. The predicted octanol–water partition coefficient (Wildman–Crippen LogP) is 3.74. The molecule has 0 saturated carbocycles. The average molecular weight is 406 g/mol. The summed E-state index contributed by atoms with van der Waals surface area (Å²) in [5.74, 6) is 0.681. The molecule has 0 atom stereocenters. The Morgan fingerprint density at radius 2 is 1.97 bits per heavy atom. The number of aromatic nitrogens is 3. The van der Waals surface area contributed by atoms with Crippen molar-refractivity contribution in [3.63, 3.8) is 0 Å². The van der Waals surface area contributed by atoms with Crippen LogP contribution in [0.5, 0.6) is 0 Å². The summed E-state index contributed by atoms with van der Waals surface area (Å²) >= 11 is 0. The molecule has 0 unspecified atom stereocenters. The van der Waals surface area contributed by atoms with Crippen LogP contribution in [0, 0.1) is 11.3 Å². The summed E-state index contributed by atoms with van der Waals surface area (Å²) in [7, 11) is 1.70. The lowest BCUT2D eigenvalue weighted by molar-refractivity contribution is 0.0305. The van der Waals surface area contributed by atoms with Gasteiger partial charge in [0.25, 0.3) is 0 Å². The minimum absolute atomic E-state index is 0.357. The van der Waals surface area contributed by atoms with E-state index in [0.29, 0.717) is 25.3 Å². The van der Waals surface area contributed by atoms with Crippen molar-refractivity contribution in [3.05, 3.63) is 48.2 Å². The molecule has 0 bridgehead atoms. The number of nitrogens with zero attached hydrogens (tertiary/aromatic N) is 5. The SMILES string of the molecule is CN(CCNc1ccc2ncc(-c3ccc(CC#N)cc3)n2n1)C(=O)OC(C)(C)C. The van der Waals surface area contributed by atoms with Crippen LogP contribution in [-0.4, -0.2) is 51.3 Å². The Balaban J connectivity index is 1.67. The maximum absolute atomic E-state index is 12.0. The highest BCUT2D eigenvalue weighted by Gasteiger charge is 2.19. The minimum Gasteiger partial charge on any atom is -0.444 e. The zero-order chi connectivity index (χ0) is 21.7. The summed E-state index contributed by atoms with van der Waals surface area (Å²) in [6.07, 6.45) is 1.81. The summed E-state index contributed by atoms with van der Waals surface area (Å²) in [5.41, 5.74) is 3.03. The Kier molecular flexibility index (Phi) is 6.21. The van der Waals surface area contributed by atoms with Crippen molar-refractivity contribution < 1.29 is 9.53 Å². The third-order valence-corrected chi connectivity index (χ3v) is 4.35. The molecule has 3 rings (SSSR count). The third kappa shape index (κ3) is 5.26. The van der Waals surface area contributed by atoms with E-state index in [-0.39, 0.29) is 6.09 Å². The quantitative estimate of drug-likeness (QED) is 0.670. The molecule has 1 N–H and O–H groups in total. The second kappa shape index (κ2) is 8.82. The number of nitrogens with one attached hydrogen (secondary N) is 1. The molecule has 1 amide bonds. The van der Waals surface area contributed by atoms with E-state index in [9.17, 15) is 4.79 Å². The van der Waals surface area contributed by atoms with Gasteiger partial charge in [-0.3, -0.25) is 0 Å². The summed E-state index contributed by atoms with van der Waals surface area (Å²) < 4.78 is 7.13. The monoisotopic (exact) mass is 406 g/mol. The summed E-state index contributed by atoms with van der Waals surface area (Å²) in [6.45, 7) is 6.54. The van der Waals surface area contributed by atoms with Crippen LogP contribution in [-0.2, 0) is 11.2 Å². The molecule has 30 heavy (non-hydrogen) atoms. The van der Waals surface area contributed by atoms with Gasteiger partial charge >= 0.3 is 6.09 Å². The fraction of sp³-hybridized carbons (Fsp3) is 0.364. The zero-order valence-electron chi connectivity index (χ0n) is 17.7. The van der Waals surface area contributed by atoms with Crippen molar-refractivity contribution in [3.8, 4) is 17.3 Å². The molecule has 2 heterocycles. The van der Waals surface area contributed by atoms with Crippen molar-refractivity contribution in [2.75, 3.05) is 25.5 Å². The molecule has 8 nitrogen and oxygen atoms in total. The lowest BCUT2D eigenvalue weighted by Gasteiger charge is -2.24. The number of fused-ring (bicyclic) bond motifs is 1. The summed E-state index contributed by atoms with van der Waals surface area (Å²) in [5, 5.41) is 16.7. The Labute approximate surface area is 176 Å². The first kappa shape index (κ1) is 21.1. The first-order valence-corrected chi connectivity index (χ1v) is 9.76. The van der Waals surface area contributed by atoms with Gasteiger partial charge in [0.05, 0.1) is 24.4 Å². The van der Waals surface area contributed by atoms with E-state index in [4.69, 9.17) is 10.00 Å².